The highest BCUT2D eigenvalue weighted by Crippen LogP contribution is 2.39. The molecule has 5 heteroatoms. The average molecular weight is 374 g/mol. The third-order valence-corrected chi connectivity index (χ3v) is 5.24. The van der Waals surface area contributed by atoms with Crippen LogP contribution in [0.1, 0.15) is 45.0 Å². The molecule has 142 valence electrons. The summed E-state index contributed by atoms with van der Waals surface area (Å²) >= 11 is 0. The summed E-state index contributed by atoms with van der Waals surface area (Å²) in [6.45, 7) is 4.77. The molecule has 1 saturated heterocycles. The molecule has 2 amide bonds. The van der Waals surface area contributed by atoms with Gasteiger partial charge in [0.15, 0.2) is 5.76 Å². The van der Waals surface area contributed by atoms with Crippen molar-refractivity contribution in [2.75, 3.05) is 11.9 Å². The van der Waals surface area contributed by atoms with E-state index in [1.165, 1.54) is 6.26 Å². The minimum Gasteiger partial charge on any atom is -0.459 e. The van der Waals surface area contributed by atoms with Crippen molar-refractivity contribution >= 4 is 17.5 Å². The van der Waals surface area contributed by atoms with Crippen LogP contribution in [0.25, 0.3) is 0 Å². The number of carbonyl (C=O) groups excluding carboxylic acids is 2. The number of anilines is 1. The number of hydrogen-bond donors (Lipinski definition) is 1. The number of benzene rings is 2. The van der Waals surface area contributed by atoms with Gasteiger partial charge in [-0.1, -0.05) is 43.3 Å². The lowest BCUT2D eigenvalue weighted by atomic mass is 9.84. The molecular formula is C23H22N2O3. The maximum Gasteiger partial charge on any atom is 0.291 e. The summed E-state index contributed by atoms with van der Waals surface area (Å²) in [5, 5.41) is 2.83. The van der Waals surface area contributed by atoms with Crippen LogP contribution in [0, 0.1) is 12.8 Å². The summed E-state index contributed by atoms with van der Waals surface area (Å²) in [7, 11) is 0. The number of aryl methyl sites for hydroxylation is 1. The van der Waals surface area contributed by atoms with E-state index in [-0.39, 0.29) is 23.6 Å². The van der Waals surface area contributed by atoms with E-state index in [2.05, 4.69) is 24.4 Å². The highest BCUT2D eigenvalue weighted by molar-refractivity contribution is 6.04. The first-order chi connectivity index (χ1) is 13.5. The van der Waals surface area contributed by atoms with Crippen molar-refractivity contribution in [1.82, 2.24) is 4.90 Å². The Morgan fingerprint density at radius 3 is 2.54 bits per heavy atom. The summed E-state index contributed by atoms with van der Waals surface area (Å²) in [6.07, 6.45) is 1.45. The molecule has 2 heterocycles. The molecule has 0 saturated carbocycles. The standard InChI is InChI=1S/C23H22N2O3/c1-15-10-11-18(13-19(15)24-22(26)20-9-6-12-28-20)23(27)25-14-16(2)21(25)17-7-4-3-5-8-17/h3-13,16,21H,14H2,1-2H3,(H,24,26)/t16-,21-/m1/s1. The average Bonchev–Trinajstić information content (AvgIpc) is 3.23. The highest BCUT2D eigenvalue weighted by atomic mass is 16.3. The Kier molecular flexibility index (Phi) is 4.74. The molecule has 0 radical (unpaired) electrons. The van der Waals surface area contributed by atoms with E-state index in [1.807, 2.05) is 42.2 Å². The van der Waals surface area contributed by atoms with Gasteiger partial charge in [-0.2, -0.15) is 0 Å². The van der Waals surface area contributed by atoms with Crippen LogP contribution in [0.4, 0.5) is 5.69 Å². The van der Waals surface area contributed by atoms with Crippen LogP contribution in [0.15, 0.2) is 71.3 Å². The third-order valence-electron chi connectivity index (χ3n) is 5.24. The Labute approximate surface area is 164 Å². The van der Waals surface area contributed by atoms with Gasteiger partial charge in [0.2, 0.25) is 0 Å². The van der Waals surface area contributed by atoms with Gasteiger partial charge in [-0.3, -0.25) is 9.59 Å². The number of amides is 2. The van der Waals surface area contributed by atoms with Crippen molar-refractivity contribution in [2.24, 2.45) is 5.92 Å². The van der Waals surface area contributed by atoms with Crippen molar-refractivity contribution in [2.45, 2.75) is 19.9 Å². The first-order valence-electron chi connectivity index (χ1n) is 9.36. The maximum absolute atomic E-state index is 13.1. The lowest BCUT2D eigenvalue weighted by Crippen LogP contribution is -2.51. The summed E-state index contributed by atoms with van der Waals surface area (Å²) < 4.78 is 5.14. The molecule has 2 aromatic carbocycles. The number of hydrogen-bond acceptors (Lipinski definition) is 3. The van der Waals surface area contributed by atoms with E-state index in [1.54, 1.807) is 18.2 Å². The second kappa shape index (κ2) is 7.35. The predicted octanol–water partition coefficient (Wildman–Crippen LogP) is 4.67. The second-order valence-electron chi connectivity index (χ2n) is 7.25. The van der Waals surface area contributed by atoms with Crippen molar-refractivity contribution in [1.29, 1.82) is 0 Å². The van der Waals surface area contributed by atoms with Crippen molar-refractivity contribution in [3.05, 3.63) is 89.4 Å². The Morgan fingerprint density at radius 2 is 1.86 bits per heavy atom. The van der Waals surface area contributed by atoms with Gasteiger partial charge in [0, 0.05) is 17.8 Å². The Hall–Kier alpha value is -3.34. The lowest BCUT2D eigenvalue weighted by Gasteiger charge is -2.47. The van der Waals surface area contributed by atoms with Gasteiger partial charge in [-0.25, -0.2) is 0 Å². The minimum absolute atomic E-state index is 0.0274. The van der Waals surface area contributed by atoms with Crippen molar-refractivity contribution in [3.8, 4) is 0 Å². The zero-order valence-corrected chi connectivity index (χ0v) is 15.9. The fraction of sp³-hybridized carbons (Fsp3) is 0.217. The number of carbonyl (C=O) groups is 2. The molecule has 28 heavy (non-hydrogen) atoms. The molecule has 1 N–H and O–H groups in total. The monoisotopic (exact) mass is 374 g/mol. The van der Waals surface area contributed by atoms with Gasteiger partial charge in [-0.05, 0) is 48.2 Å². The molecule has 1 aromatic heterocycles. The molecule has 1 aliphatic rings. The van der Waals surface area contributed by atoms with Gasteiger partial charge in [0.1, 0.15) is 0 Å². The van der Waals surface area contributed by atoms with E-state index in [0.717, 1.165) is 17.7 Å². The zero-order valence-electron chi connectivity index (χ0n) is 15.9. The minimum atomic E-state index is -0.336. The fourth-order valence-electron chi connectivity index (χ4n) is 3.71. The van der Waals surface area contributed by atoms with E-state index in [9.17, 15) is 9.59 Å². The largest absolute Gasteiger partial charge is 0.459 e. The lowest BCUT2D eigenvalue weighted by molar-refractivity contribution is 0.0198. The molecule has 0 unspecified atom stereocenters. The Morgan fingerprint density at radius 1 is 1.07 bits per heavy atom. The van der Waals surface area contributed by atoms with Crippen LogP contribution in [-0.4, -0.2) is 23.3 Å². The zero-order chi connectivity index (χ0) is 19.7. The molecule has 0 spiro atoms. The second-order valence-corrected chi connectivity index (χ2v) is 7.25. The van der Waals surface area contributed by atoms with E-state index in [4.69, 9.17) is 4.42 Å². The Bertz CT molecular complexity index is 996. The molecule has 0 aliphatic carbocycles. The molecule has 4 rings (SSSR count). The van der Waals surface area contributed by atoms with Gasteiger partial charge >= 0.3 is 0 Å². The molecule has 5 nitrogen and oxygen atoms in total. The molecule has 1 fully saturated rings. The van der Waals surface area contributed by atoms with Crippen LogP contribution in [0.2, 0.25) is 0 Å². The number of nitrogens with one attached hydrogen (secondary N) is 1. The molecule has 3 aromatic rings. The predicted molar refractivity (Wildman–Crippen MR) is 107 cm³/mol. The summed E-state index contributed by atoms with van der Waals surface area (Å²) in [6, 6.07) is 18.8. The summed E-state index contributed by atoms with van der Waals surface area (Å²) in [4.78, 5) is 27.3. The molecule has 0 bridgehead atoms. The topological polar surface area (TPSA) is 62.6 Å². The fourth-order valence-corrected chi connectivity index (χ4v) is 3.71. The number of likely N-dealkylation sites (tertiary alicyclic amines) is 1. The normalized spacial score (nSPS) is 18.4. The smallest absolute Gasteiger partial charge is 0.291 e. The summed E-state index contributed by atoms with van der Waals surface area (Å²) in [5.74, 6) is 0.282. The van der Waals surface area contributed by atoms with Crippen molar-refractivity contribution in [3.63, 3.8) is 0 Å². The van der Waals surface area contributed by atoms with Crippen molar-refractivity contribution < 1.29 is 14.0 Å². The molecular weight excluding hydrogens is 352 g/mol. The highest BCUT2D eigenvalue weighted by Gasteiger charge is 2.40. The first-order valence-corrected chi connectivity index (χ1v) is 9.36. The SMILES string of the molecule is Cc1ccc(C(=O)N2C[C@@H](C)[C@@H]2c2ccccc2)cc1NC(=O)c1ccco1. The van der Waals surface area contributed by atoms with Crippen LogP contribution in [-0.2, 0) is 0 Å². The summed E-state index contributed by atoms with van der Waals surface area (Å²) in [5.41, 5.74) is 3.20. The van der Waals surface area contributed by atoms with Crippen LogP contribution in [0.3, 0.4) is 0 Å². The number of furan rings is 1. The maximum atomic E-state index is 13.1. The van der Waals surface area contributed by atoms with Crippen LogP contribution < -0.4 is 5.32 Å². The van der Waals surface area contributed by atoms with Gasteiger partial charge in [0.05, 0.1) is 12.3 Å². The number of rotatable bonds is 4. The van der Waals surface area contributed by atoms with Crippen LogP contribution >= 0.6 is 0 Å². The van der Waals surface area contributed by atoms with E-state index in [0.29, 0.717) is 17.2 Å². The van der Waals surface area contributed by atoms with Gasteiger partial charge in [0.25, 0.3) is 11.8 Å². The van der Waals surface area contributed by atoms with E-state index >= 15 is 0 Å². The van der Waals surface area contributed by atoms with Gasteiger partial charge < -0.3 is 14.6 Å². The van der Waals surface area contributed by atoms with E-state index < -0.39 is 0 Å². The van der Waals surface area contributed by atoms with Gasteiger partial charge in [-0.15, -0.1) is 0 Å². The first kappa shape index (κ1) is 18.0. The number of nitrogens with zero attached hydrogens (tertiary/aromatic N) is 1. The quantitative estimate of drug-likeness (QED) is 0.722. The molecule has 1 aliphatic heterocycles. The molecule has 2 atom stereocenters. The third kappa shape index (κ3) is 3.31. The van der Waals surface area contributed by atoms with Crippen LogP contribution in [0.5, 0.6) is 0 Å². The Balaban J connectivity index is 1.56.